The number of rotatable bonds is 7. The Kier molecular flexibility index (Phi) is 6.30. The van der Waals surface area contributed by atoms with Crippen molar-refractivity contribution < 1.29 is 23.8 Å². The second kappa shape index (κ2) is 8.44. The zero-order valence-electron chi connectivity index (χ0n) is 13.5. The Morgan fingerprint density at radius 2 is 2.08 bits per heavy atom. The number of nitrogens with one attached hydrogen (secondary N) is 1. The minimum atomic E-state index is -0.962. The molecule has 0 aromatic carbocycles. The predicted molar refractivity (Wildman–Crippen MR) is 85.4 cm³/mol. The van der Waals surface area contributed by atoms with E-state index < -0.39 is 17.7 Å². The Morgan fingerprint density at radius 1 is 1.33 bits per heavy atom. The highest BCUT2D eigenvalue weighted by molar-refractivity contribution is 5.89. The minimum Gasteiger partial charge on any atom is -0.483 e. The third-order valence-corrected chi connectivity index (χ3v) is 3.51. The molecular weight excluding hydrogens is 316 g/mol. The second-order valence-electron chi connectivity index (χ2n) is 5.03. The van der Waals surface area contributed by atoms with E-state index in [4.69, 9.17) is 20.1 Å². The minimum absolute atomic E-state index is 0.0773. The number of pyridine rings is 1. The summed E-state index contributed by atoms with van der Waals surface area (Å²) in [5.41, 5.74) is 0.276. The molecule has 0 saturated carbocycles. The number of nitrogens with two attached hydrogens (primary N) is 1. The fourth-order valence-corrected chi connectivity index (χ4v) is 2.32. The number of hydrogen-bond donors (Lipinski definition) is 2. The van der Waals surface area contributed by atoms with Crippen LogP contribution in [-0.2, 0) is 14.3 Å². The Bertz CT molecular complexity index is 703. The molecule has 0 bridgehead atoms. The van der Waals surface area contributed by atoms with Crippen LogP contribution >= 0.6 is 0 Å². The second-order valence-corrected chi connectivity index (χ2v) is 5.03. The summed E-state index contributed by atoms with van der Waals surface area (Å²) < 4.78 is 16.0. The van der Waals surface area contributed by atoms with Gasteiger partial charge in [0.05, 0.1) is 0 Å². The Hall–Kier alpha value is -2.42. The van der Waals surface area contributed by atoms with Crippen LogP contribution in [-0.4, -0.2) is 31.8 Å². The van der Waals surface area contributed by atoms with Gasteiger partial charge < -0.3 is 24.0 Å². The molecule has 0 unspecified atom stereocenters. The first-order valence-corrected chi connectivity index (χ1v) is 7.33. The first-order valence-electron chi connectivity index (χ1n) is 7.33. The summed E-state index contributed by atoms with van der Waals surface area (Å²) in [6.07, 6.45) is 8.20. The molecule has 0 aliphatic heterocycles. The molecule has 0 atom stereocenters. The number of carbonyl (C=O) groups is 1. The molecule has 2 rings (SSSR count). The topological polar surface area (TPSA) is 113 Å². The molecule has 0 fully saturated rings. The van der Waals surface area contributed by atoms with Crippen LogP contribution in [0.3, 0.4) is 0 Å². The number of ether oxygens (including phenoxy) is 3. The number of H-pyrrole nitrogens is 1. The van der Waals surface area contributed by atoms with Crippen molar-refractivity contribution in [1.82, 2.24) is 4.98 Å². The molecule has 3 N–H and O–H groups in total. The molecule has 130 valence electrons. The SMILES string of the molecule is COC(OC)c1[nH]cc(C(=O)ON)c(=O)c1OCC1=CCCC=C1. The average Bonchev–Trinajstić information content (AvgIpc) is 2.62. The Labute approximate surface area is 138 Å². The highest BCUT2D eigenvalue weighted by atomic mass is 16.7. The van der Waals surface area contributed by atoms with E-state index in [0.29, 0.717) is 0 Å². The number of aromatic nitrogens is 1. The van der Waals surface area contributed by atoms with Crippen molar-refractivity contribution in [3.63, 3.8) is 0 Å². The lowest BCUT2D eigenvalue weighted by atomic mass is 10.1. The largest absolute Gasteiger partial charge is 0.483 e. The van der Waals surface area contributed by atoms with Crippen LogP contribution in [0.5, 0.6) is 5.75 Å². The van der Waals surface area contributed by atoms with Crippen LogP contribution in [0.15, 0.2) is 34.8 Å². The zero-order chi connectivity index (χ0) is 17.5. The molecule has 8 heteroatoms. The molecule has 1 heterocycles. The van der Waals surface area contributed by atoms with Crippen LogP contribution < -0.4 is 16.1 Å². The quantitative estimate of drug-likeness (QED) is 0.571. The maximum Gasteiger partial charge on any atom is 0.362 e. The maximum atomic E-state index is 12.5. The van der Waals surface area contributed by atoms with E-state index in [2.05, 4.69) is 9.82 Å². The van der Waals surface area contributed by atoms with Gasteiger partial charge in [0.1, 0.15) is 17.9 Å². The molecule has 1 aliphatic rings. The summed E-state index contributed by atoms with van der Waals surface area (Å²) in [6, 6.07) is 0. The lowest BCUT2D eigenvalue weighted by Gasteiger charge is -2.18. The molecule has 1 aromatic heterocycles. The van der Waals surface area contributed by atoms with Crippen molar-refractivity contribution in [2.24, 2.45) is 5.90 Å². The van der Waals surface area contributed by atoms with E-state index in [9.17, 15) is 9.59 Å². The molecule has 0 radical (unpaired) electrons. The number of carbonyl (C=O) groups excluding carboxylic acids is 1. The first kappa shape index (κ1) is 17.9. The highest BCUT2D eigenvalue weighted by Gasteiger charge is 2.24. The fourth-order valence-electron chi connectivity index (χ4n) is 2.32. The van der Waals surface area contributed by atoms with Gasteiger partial charge >= 0.3 is 5.97 Å². The van der Waals surface area contributed by atoms with Crippen LogP contribution in [0, 0.1) is 0 Å². The zero-order valence-corrected chi connectivity index (χ0v) is 13.5. The van der Waals surface area contributed by atoms with Crippen molar-refractivity contribution in [2.45, 2.75) is 19.1 Å². The molecule has 1 aliphatic carbocycles. The summed E-state index contributed by atoms with van der Waals surface area (Å²) in [4.78, 5) is 31.1. The normalized spacial score (nSPS) is 13.8. The van der Waals surface area contributed by atoms with Crippen molar-refractivity contribution in [2.75, 3.05) is 20.8 Å². The highest BCUT2D eigenvalue weighted by Crippen LogP contribution is 2.24. The van der Waals surface area contributed by atoms with Gasteiger partial charge in [0.2, 0.25) is 11.7 Å². The number of methoxy groups -OCH3 is 2. The molecule has 0 spiro atoms. The standard InChI is InChI=1S/C16H20N2O6/c1-21-16(22-2)12-14(23-9-10-6-4-3-5-7-10)13(19)11(8-18-12)15(20)24-17/h4,6-8,16H,3,5,9,17H2,1-2H3,(H,18,19). The molecule has 24 heavy (non-hydrogen) atoms. The molecule has 0 saturated heterocycles. The van der Waals surface area contributed by atoms with Gasteiger partial charge in [-0.3, -0.25) is 4.79 Å². The van der Waals surface area contributed by atoms with Gasteiger partial charge in [0.25, 0.3) is 0 Å². The lowest BCUT2D eigenvalue weighted by molar-refractivity contribution is -0.109. The van der Waals surface area contributed by atoms with E-state index in [1.165, 1.54) is 20.4 Å². The summed E-state index contributed by atoms with van der Waals surface area (Å²) >= 11 is 0. The predicted octanol–water partition coefficient (Wildman–Crippen LogP) is 1.35. The fraction of sp³-hybridized carbons (Fsp3) is 0.375. The van der Waals surface area contributed by atoms with Crippen molar-refractivity contribution in [3.05, 3.63) is 51.5 Å². The summed E-state index contributed by atoms with van der Waals surface area (Å²) in [6.45, 7) is 0.174. The van der Waals surface area contributed by atoms with Crippen LogP contribution in [0.25, 0.3) is 0 Å². The van der Waals surface area contributed by atoms with E-state index in [1.54, 1.807) is 0 Å². The van der Waals surface area contributed by atoms with Crippen molar-refractivity contribution in [1.29, 1.82) is 0 Å². The first-order chi connectivity index (χ1) is 11.6. The Balaban J connectivity index is 2.39. The number of hydrogen-bond acceptors (Lipinski definition) is 7. The van der Waals surface area contributed by atoms with E-state index in [0.717, 1.165) is 18.4 Å². The third kappa shape index (κ3) is 3.91. The van der Waals surface area contributed by atoms with Crippen LogP contribution in [0.2, 0.25) is 0 Å². The average molecular weight is 336 g/mol. The molecule has 8 nitrogen and oxygen atoms in total. The van der Waals surface area contributed by atoms with E-state index >= 15 is 0 Å². The smallest absolute Gasteiger partial charge is 0.362 e. The van der Waals surface area contributed by atoms with Gasteiger partial charge in [-0.1, -0.05) is 18.2 Å². The molecule has 1 aromatic rings. The molecular formula is C16H20N2O6. The van der Waals surface area contributed by atoms with E-state index in [-0.39, 0.29) is 23.6 Å². The summed E-state index contributed by atoms with van der Waals surface area (Å²) in [5.74, 6) is 3.81. The number of aromatic amines is 1. The van der Waals surface area contributed by atoms with Gasteiger partial charge in [0, 0.05) is 20.4 Å². The van der Waals surface area contributed by atoms with Gasteiger partial charge in [-0.25, -0.2) is 4.79 Å². The van der Waals surface area contributed by atoms with Gasteiger partial charge in [-0.05, 0) is 18.4 Å². The van der Waals surface area contributed by atoms with Gasteiger partial charge in [-0.15, -0.1) is 0 Å². The Morgan fingerprint density at radius 3 is 2.67 bits per heavy atom. The van der Waals surface area contributed by atoms with Gasteiger partial charge in [-0.2, -0.15) is 5.90 Å². The van der Waals surface area contributed by atoms with E-state index in [1.807, 2.05) is 18.2 Å². The third-order valence-electron chi connectivity index (χ3n) is 3.51. The summed E-state index contributed by atoms with van der Waals surface area (Å²) in [5, 5.41) is 0. The van der Waals surface area contributed by atoms with Crippen molar-refractivity contribution >= 4 is 5.97 Å². The lowest BCUT2D eigenvalue weighted by Crippen LogP contribution is -2.25. The summed E-state index contributed by atoms with van der Waals surface area (Å²) in [7, 11) is 2.84. The number of allylic oxidation sites excluding steroid dienone is 2. The monoisotopic (exact) mass is 336 g/mol. The van der Waals surface area contributed by atoms with Crippen LogP contribution in [0.4, 0.5) is 0 Å². The van der Waals surface area contributed by atoms with Crippen molar-refractivity contribution in [3.8, 4) is 5.75 Å². The van der Waals surface area contributed by atoms with Gasteiger partial charge in [0.15, 0.2) is 5.75 Å². The maximum absolute atomic E-state index is 12.5. The molecule has 0 amide bonds. The van der Waals surface area contributed by atoms with Crippen LogP contribution in [0.1, 0.15) is 35.2 Å².